The van der Waals surface area contributed by atoms with E-state index in [-0.39, 0.29) is 11.7 Å². The van der Waals surface area contributed by atoms with Gasteiger partial charge in [-0.3, -0.25) is 4.79 Å². The Balaban J connectivity index is 2.16. The van der Waals surface area contributed by atoms with Crippen LogP contribution in [0.4, 0.5) is 24.7 Å². The summed E-state index contributed by atoms with van der Waals surface area (Å²) in [6, 6.07) is 7.57. The van der Waals surface area contributed by atoms with Crippen LogP contribution in [0.3, 0.4) is 0 Å². The summed E-state index contributed by atoms with van der Waals surface area (Å²) in [5, 5.41) is 5.61. The predicted molar refractivity (Wildman–Crippen MR) is 82.4 cm³/mol. The zero-order valence-electron chi connectivity index (χ0n) is 12.6. The second-order valence-corrected chi connectivity index (χ2v) is 5.23. The van der Waals surface area contributed by atoms with Gasteiger partial charge >= 0.3 is 6.18 Å². The zero-order chi connectivity index (χ0) is 17.0. The van der Waals surface area contributed by atoms with Crippen LogP contribution in [0, 0.1) is 0 Å². The van der Waals surface area contributed by atoms with Crippen molar-refractivity contribution >= 4 is 17.4 Å². The molecular formula is C16H16F3N3O. The number of hydrogen-bond acceptors (Lipinski definition) is 3. The molecule has 0 saturated heterocycles. The number of hydrogen-bond donors (Lipinski definition) is 2. The Kier molecular flexibility index (Phi) is 4.88. The molecule has 1 aromatic carbocycles. The Hall–Kier alpha value is -2.57. The number of pyridine rings is 1. The van der Waals surface area contributed by atoms with Gasteiger partial charge < -0.3 is 10.6 Å². The maximum atomic E-state index is 12.5. The fourth-order valence-corrected chi connectivity index (χ4v) is 1.92. The van der Waals surface area contributed by atoms with Gasteiger partial charge in [0, 0.05) is 17.9 Å². The maximum Gasteiger partial charge on any atom is 0.416 e. The number of nitrogens with one attached hydrogen (secondary N) is 2. The highest BCUT2D eigenvalue weighted by Crippen LogP contribution is 2.30. The average Bonchev–Trinajstić information content (AvgIpc) is 2.46. The van der Waals surface area contributed by atoms with Crippen molar-refractivity contribution in [1.82, 2.24) is 4.98 Å². The van der Waals surface area contributed by atoms with Crippen LogP contribution in [0.25, 0.3) is 0 Å². The molecule has 7 heteroatoms. The standard InChI is InChI=1S/C16H16F3N3O/c1-10(2)21-14-13(4-3-9-20-14)15(23)22-12-7-5-11(6-8-12)16(17,18)19/h3-10H,1-2H3,(H,20,21)(H,22,23). The number of halogens is 3. The minimum atomic E-state index is -4.40. The number of carbonyl (C=O) groups is 1. The second kappa shape index (κ2) is 6.68. The van der Waals surface area contributed by atoms with E-state index >= 15 is 0 Å². The van der Waals surface area contributed by atoms with Crippen LogP contribution in [0.5, 0.6) is 0 Å². The van der Waals surface area contributed by atoms with Crippen molar-refractivity contribution in [3.63, 3.8) is 0 Å². The van der Waals surface area contributed by atoms with Crippen molar-refractivity contribution in [2.24, 2.45) is 0 Å². The molecule has 2 aromatic rings. The molecule has 0 saturated carbocycles. The summed E-state index contributed by atoms with van der Waals surface area (Å²) in [4.78, 5) is 16.4. The van der Waals surface area contributed by atoms with Crippen LogP contribution in [0.15, 0.2) is 42.6 Å². The Bertz CT molecular complexity index is 682. The van der Waals surface area contributed by atoms with Crippen LogP contribution in [-0.2, 0) is 6.18 Å². The number of carbonyl (C=O) groups excluding carboxylic acids is 1. The maximum absolute atomic E-state index is 12.5. The fraction of sp³-hybridized carbons (Fsp3) is 0.250. The van der Waals surface area contributed by atoms with E-state index in [2.05, 4.69) is 15.6 Å². The summed E-state index contributed by atoms with van der Waals surface area (Å²) in [6.45, 7) is 3.82. The van der Waals surface area contributed by atoms with E-state index in [9.17, 15) is 18.0 Å². The molecule has 0 fully saturated rings. The first-order valence-corrected chi connectivity index (χ1v) is 6.97. The Morgan fingerprint density at radius 1 is 1.13 bits per heavy atom. The minimum absolute atomic E-state index is 0.0857. The van der Waals surface area contributed by atoms with Crippen LogP contribution in [-0.4, -0.2) is 16.9 Å². The lowest BCUT2D eigenvalue weighted by atomic mass is 10.2. The molecule has 0 radical (unpaired) electrons. The minimum Gasteiger partial charge on any atom is -0.367 e. The van der Waals surface area contributed by atoms with Gasteiger partial charge in [0.1, 0.15) is 5.82 Å². The molecule has 0 unspecified atom stereocenters. The van der Waals surface area contributed by atoms with E-state index in [4.69, 9.17) is 0 Å². The lowest BCUT2D eigenvalue weighted by Crippen LogP contribution is -2.18. The van der Waals surface area contributed by atoms with Crippen molar-refractivity contribution < 1.29 is 18.0 Å². The Labute approximate surface area is 131 Å². The van der Waals surface area contributed by atoms with Gasteiger partial charge in [-0.15, -0.1) is 0 Å². The fourth-order valence-electron chi connectivity index (χ4n) is 1.92. The number of amides is 1. The van der Waals surface area contributed by atoms with Gasteiger partial charge in [-0.25, -0.2) is 4.98 Å². The zero-order valence-corrected chi connectivity index (χ0v) is 12.6. The Morgan fingerprint density at radius 3 is 2.35 bits per heavy atom. The number of alkyl halides is 3. The van der Waals surface area contributed by atoms with Gasteiger partial charge in [0.25, 0.3) is 5.91 Å². The van der Waals surface area contributed by atoms with E-state index < -0.39 is 17.6 Å². The first kappa shape index (κ1) is 16.8. The molecule has 0 aliphatic heterocycles. The molecular weight excluding hydrogens is 307 g/mol. The molecule has 0 atom stereocenters. The molecule has 1 amide bonds. The third-order valence-corrected chi connectivity index (χ3v) is 2.95. The molecule has 122 valence electrons. The summed E-state index contributed by atoms with van der Waals surface area (Å²) < 4.78 is 37.6. The monoisotopic (exact) mass is 323 g/mol. The van der Waals surface area contributed by atoms with Crippen LogP contribution < -0.4 is 10.6 Å². The summed E-state index contributed by atoms with van der Waals surface area (Å²) in [7, 11) is 0. The second-order valence-electron chi connectivity index (χ2n) is 5.23. The molecule has 1 heterocycles. The van der Waals surface area contributed by atoms with E-state index in [1.165, 1.54) is 12.1 Å². The third-order valence-electron chi connectivity index (χ3n) is 2.95. The van der Waals surface area contributed by atoms with Gasteiger partial charge in [-0.1, -0.05) is 0 Å². The van der Waals surface area contributed by atoms with Gasteiger partial charge in [0.15, 0.2) is 0 Å². The van der Waals surface area contributed by atoms with Crippen molar-refractivity contribution in [3.8, 4) is 0 Å². The number of benzene rings is 1. The summed E-state index contributed by atoms with van der Waals surface area (Å²) in [5.41, 5.74) is -0.164. The van der Waals surface area contributed by atoms with Gasteiger partial charge in [0.2, 0.25) is 0 Å². The van der Waals surface area contributed by atoms with E-state index in [1.54, 1.807) is 18.3 Å². The van der Waals surface area contributed by atoms with Gasteiger partial charge in [0.05, 0.1) is 11.1 Å². The van der Waals surface area contributed by atoms with Crippen molar-refractivity contribution in [2.45, 2.75) is 26.1 Å². The quantitative estimate of drug-likeness (QED) is 0.888. The highest BCUT2D eigenvalue weighted by Gasteiger charge is 2.30. The van der Waals surface area contributed by atoms with E-state index in [1.807, 2.05) is 13.8 Å². The summed E-state index contributed by atoms with van der Waals surface area (Å²) in [5.74, 6) is -0.0204. The van der Waals surface area contributed by atoms with E-state index in [0.717, 1.165) is 12.1 Å². The molecule has 4 nitrogen and oxygen atoms in total. The number of aromatic nitrogens is 1. The predicted octanol–water partition coefficient (Wildman–Crippen LogP) is 4.17. The topological polar surface area (TPSA) is 54.0 Å². The molecule has 2 N–H and O–H groups in total. The van der Waals surface area contributed by atoms with Crippen molar-refractivity contribution in [2.75, 3.05) is 10.6 Å². The summed E-state index contributed by atoms with van der Waals surface area (Å²) >= 11 is 0. The third kappa shape index (κ3) is 4.45. The van der Waals surface area contributed by atoms with Crippen molar-refractivity contribution in [3.05, 3.63) is 53.7 Å². The first-order valence-electron chi connectivity index (χ1n) is 6.97. The van der Waals surface area contributed by atoms with Gasteiger partial charge in [-0.05, 0) is 50.2 Å². The van der Waals surface area contributed by atoms with E-state index in [0.29, 0.717) is 11.4 Å². The highest BCUT2D eigenvalue weighted by molar-refractivity contribution is 6.07. The lowest BCUT2D eigenvalue weighted by Gasteiger charge is -2.13. The average molecular weight is 323 g/mol. The van der Waals surface area contributed by atoms with Crippen molar-refractivity contribution in [1.29, 1.82) is 0 Å². The molecule has 2 rings (SSSR count). The van der Waals surface area contributed by atoms with Crippen LogP contribution >= 0.6 is 0 Å². The molecule has 0 aliphatic rings. The number of anilines is 2. The first-order chi connectivity index (χ1) is 10.8. The molecule has 0 aliphatic carbocycles. The highest BCUT2D eigenvalue weighted by atomic mass is 19.4. The largest absolute Gasteiger partial charge is 0.416 e. The lowest BCUT2D eigenvalue weighted by molar-refractivity contribution is -0.137. The van der Waals surface area contributed by atoms with Crippen LogP contribution in [0.1, 0.15) is 29.8 Å². The molecule has 23 heavy (non-hydrogen) atoms. The molecule has 1 aromatic heterocycles. The summed E-state index contributed by atoms with van der Waals surface area (Å²) in [6.07, 6.45) is -2.85. The Morgan fingerprint density at radius 2 is 1.78 bits per heavy atom. The molecule has 0 spiro atoms. The smallest absolute Gasteiger partial charge is 0.367 e. The number of rotatable bonds is 4. The van der Waals surface area contributed by atoms with Gasteiger partial charge in [-0.2, -0.15) is 13.2 Å². The SMILES string of the molecule is CC(C)Nc1ncccc1C(=O)Nc1ccc(C(F)(F)F)cc1. The van der Waals surface area contributed by atoms with Crippen LogP contribution in [0.2, 0.25) is 0 Å². The number of nitrogens with zero attached hydrogens (tertiary/aromatic N) is 1. The normalized spacial score (nSPS) is 11.4. The molecule has 0 bridgehead atoms.